The standard InChI is InChI=1S/C18H17NO6/c1-24-16(19-15(20)10-12-6-3-2-4-7-12)18(23)25-14-9-5-8-13(11-14)17(21)22/h2-9,11,16H,10H2,1H3,(H,19,20)(H,21,22). The number of methoxy groups -OCH3 is 1. The van der Waals surface area contributed by atoms with E-state index in [0.717, 1.165) is 5.56 Å². The molecular formula is C18H17NO6. The van der Waals surface area contributed by atoms with Crippen LogP contribution in [0, 0.1) is 0 Å². The molecule has 0 spiro atoms. The molecule has 0 aliphatic rings. The Bertz CT molecular complexity index is 759. The first-order chi connectivity index (χ1) is 12.0. The topological polar surface area (TPSA) is 102 Å². The van der Waals surface area contributed by atoms with Crippen LogP contribution < -0.4 is 10.1 Å². The summed E-state index contributed by atoms with van der Waals surface area (Å²) in [6.07, 6.45) is -1.22. The number of rotatable bonds is 7. The molecule has 2 N–H and O–H groups in total. The van der Waals surface area contributed by atoms with Crippen LogP contribution in [0.4, 0.5) is 0 Å². The quantitative estimate of drug-likeness (QED) is 0.450. The van der Waals surface area contributed by atoms with Gasteiger partial charge in [0.15, 0.2) is 0 Å². The molecule has 0 saturated carbocycles. The van der Waals surface area contributed by atoms with Crippen LogP contribution >= 0.6 is 0 Å². The number of ether oxygens (including phenoxy) is 2. The number of carboxylic acid groups (broad SMARTS) is 1. The normalized spacial score (nSPS) is 11.4. The summed E-state index contributed by atoms with van der Waals surface area (Å²) in [6.45, 7) is 0. The number of benzene rings is 2. The van der Waals surface area contributed by atoms with E-state index in [9.17, 15) is 14.4 Å². The lowest BCUT2D eigenvalue weighted by molar-refractivity contribution is -0.150. The number of carbonyl (C=O) groups excluding carboxylic acids is 2. The molecule has 0 heterocycles. The summed E-state index contributed by atoms with van der Waals surface area (Å²) in [5.74, 6) is -2.36. The van der Waals surface area contributed by atoms with Crippen molar-refractivity contribution in [2.24, 2.45) is 0 Å². The van der Waals surface area contributed by atoms with E-state index in [1.807, 2.05) is 6.07 Å². The largest absolute Gasteiger partial charge is 0.478 e. The average Bonchev–Trinajstić information content (AvgIpc) is 2.60. The minimum absolute atomic E-state index is 0.0209. The summed E-state index contributed by atoms with van der Waals surface area (Å²) in [7, 11) is 1.25. The molecule has 1 atom stereocenters. The van der Waals surface area contributed by atoms with Crippen molar-refractivity contribution in [1.82, 2.24) is 5.32 Å². The highest BCUT2D eigenvalue weighted by Crippen LogP contribution is 2.14. The third-order valence-electron chi connectivity index (χ3n) is 3.25. The van der Waals surface area contributed by atoms with E-state index >= 15 is 0 Å². The SMILES string of the molecule is COC(NC(=O)Cc1ccccc1)C(=O)Oc1cccc(C(=O)O)c1. The highest BCUT2D eigenvalue weighted by Gasteiger charge is 2.22. The number of hydrogen-bond donors (Lipinski definition) is 2. The Kier molecular flexibility index (Phi) is 6.25. The molecule has 0 radical (unpaired) electrons. The van der Waals surface area contributed by atoms with Crippen molar-refractivity contribution >= 4 is 17.8 Å². The molecule has 0 aromatic heterocycles. The average molecular weight is 343 g/mol. The van der Waals surface area contributed by atoms with Crippen LogP contribution in [0.25, 0.3) is 0 Å². The molecule has 0 aliphatic carbocycles. The molecule has 0 saturated heterocycles. The first-order valence-corrected chi connectivity index (χ1v) is 7.40. The van der Waals surface area contributed by atoms with Crippen molar-refractivity contribution < 1.29 is 29.0 Å². The fourth-order valence-electron chi connectivity index (χ4n) is 2.05. The monoisotopic (exact) mass is 343 g/mol. The van der Waals surface area contributed by atoms with E-state index in [0.29, 0.717) is 0 Å². The van der Waals surface area contributed by atoms with Gasteiger partial charge in [0.05, 0.1) is 12.0 Å². The van der Waals surface area contributed by atoms with Gasteiger partial charge in [-0.3, -0.25) is 4.79 Å². The number of aromatic carboxylic acids is 1. The number of amides is 1. The third kappa shape index (κ3) is 5.43. The van der Waals surface area contributed by atoms with Gasteiger partial charge >= 0.3 is 11.9 Å². The second kappa shape index (κ2) is 8.60. The number of esters is 1. The molecule has 7 heteroatoms. The van der Waals surface area contributed by atoms with Crippen molar-refractivity contribution in [3.63, 3.8) is 0 Å². The van der Waals surface area contributed by atoms with Crippen LogP contribution in [0.5, 0.6) is 5.75 Å². The van der Waals surface area contributed by atoms with Gasteiger partial charge in [0.2, 0.25) is 12.1 Å². The maximum atomic E-state index is 12.1. The van der Waals surface area contributed by atoms with Gasteiger partial charge in [-0.2, -0.15) is 0 Å². The lowest BCUT2D eigenvalue weighted by Gasteiger charge is -2.16. The Morgan fingerprint density at radius 1 is 1.08 bits per heavy atom. The third-order valence-corrected chi connectivity index (χ3v) is 3.25. The fourth-order valence-corrected chi connectivity index (χ4v) is 2.05. The van der Waals surface area contributed by atoms with Gasteiger partial charge in [-0.1, -0.05) is 36.4 Å². The summed E-state index contributed by atoms with van der Waals surface area (Å²) in [5.41, 5.74) is 0.768. The zero-order chi connectivity index (χ0) is 18.2. The number of carboxylic acids is 1. The highest BCUT2D eigenvalue weighted by molar-refractivity contribution is 5.89. The molecule has 2 aromatic rings. The predicted molar refractivity (Wildman–Crippen MR) is 88.1 cm³/mol. The molecule has 0 fully saturated rings. The van der Waals surface area contributed by atoms with E-state index < -0.39 is 24.1 Å². The van der Waals surface area contributed by atoms with E-state index in [-0.39, 0.29) is 17.7 Å². The van der Waals surface area contributed by atoms with Gasteiger partial charge in [-0.05, 0) is 23.8 Å². The Morgan fingerprint density at radius 3 is 2.44 bits per heavy atom. The summed E-state index contributed by atoms with van der Waals surface area (Å²) in [6, 6.07) is 14.5. The lowest BCUT2D eigenvalue weighted by Crippen LogP contribution is -2.44. The smallest absolute Gasteiger partial charge is 0.361 e. The summed E-state index contributed by atoms with van der Waals surface area (Å²) in [4.78, 5) is 35.0. The minimum Gasteiger partial charge on any atom is -0.478 e. The molecule has 130 valence electrons. The second-order valence-electron chi connectivity index (χ2n) is 5.10. The molecule has 7 nitrogen and oxygen atoms in total. The molecule has 1 unspecified atom stereocenters. The van der Waals surface area contributed by atoms with Crippen molar-refractivity contribution in [2.45, 2.75) is 12.6 Å². The zero-order valence-electron chi connectivity index (χ0n) is 13.5. The van der Waals surface area contributed by atoms with Crippen LogP contribution in [-0.2, 0) is 20.7 Å². The molecule has 1 amide bonds. The van der Waals surface area contributed by atoms with Crippen molar-refractivity contribution in [1.29, 1.82) is 0 Å². The molecular weight excluding hydrogens is 326 g/mol. The number of nitrogens with one attached hydrogen (secondary N) is 1. The second-order valence-corrected chi connectivity index (χ2v) is 5.10. The van der Waals surface area contributed by atoms with Crippen LogP contribution in [0.3, 0.4) is 0 Å². The van der Waals surface area contributed by atoms with E-state index in [1.54, 1.807) is 24.3 Å². The predicted octanol–water partition coefficient (Wildman–Crippen LogP) is 1.62. The van der Waals surface area contributed by atoms with Crippen LogP contribution in [0.2, 0.25) is 0 Å². The Hall–Kier alpha value is -3.19. The molecule has 0 aliphatic heterocycles. The van der Waals surface area contributed by atoms with Crippen LogP contribution in [0.1, 0.15) is 15.9 Å². The summed E-state index contributed by atoms with van der Waals surface area (Å²) >= 11 is 0. The molecule has 0 bridgehead atoms. The Balaban J connectivity index is 1.97. The highest BCUT2D eigenvalue weighted by atomic mass is 16.6. The molecule has 2 rings (SSSR count). The van der Waals surface area contributed by atoms with Gasteiger partial charge in [-0.25, -0.2) is 9.59 Å². The van der Waals surface area contributed by atoms with E-state index in [1.165, 1.54) is 31.4 Å². The molecule has 2 aromatic carbocycles. The first-order valence-electron chi connectivity index (χ1n) is 7.40. The number of carbonyl (C=O) groups is 3. The van der Waals surface area contributed by atoms with Gasteiger partial charge in [-0.15, -0.1) is 0 Å². The molecule has 25 heavy (non-hydrogen) atoms. The van der Waals surface area contributed by atoms with Gasteiger partial charge in [0.1, 0.15) is 5.75 Å². The minimum atomic E-state index is -1.30. The zero-order valence-corrected chi connectivity index (χ0v) is 13.5. The van der Waals surface area contributed by atoms with Crippen molar-refractivity contribution in [3.05, 3.63) is 65.7 Å². The maximum Gasteiger partial charge on any atom is 0.361 e. The summed E-state index contributed by atoms with van der Waals surface area (Å²) in [5, 5.41) is 11.4. The lowest BCUT2D eigenvalue weighted by atomic mass is 10.1. The fraction of sp³-hybridized carbons (Fsp3) is 0.167. The summed E-state index contributed by atoms with van der Waals surface area (Å²) < 4.78 is 10.0. The van der Waals surface area contributed by atoms with Crippen molar-refractivity contribution in [2.75, 3.05) is 7.11 Å². The maximum absolute atomic E-state index is 12.1. The van der Waals surface area contributed by atoms with Crippen LogP contribution in [-0.4, -0.2) is 36.3 Å². The Morgan fingerprint density at radius 2 is 1.80 bits per heavy atom. The van der Waals surface area contributed by atoms with Gasteiger partial charge in [0.25, 0.3) is 0 Å². The first kappa shape index (κ1) is 18.2. The van der Waals surface area contributed by atoms with Gasteiger partial charge < -0.3 is 19.9 Å². The van der Waals surface area contributed by atoms with Crippen molar-refractivity contribution in [3.8, 4) is 5.75 Å². The Labute approximate surface area is 144 Å². The van der Waals surface area contributed by atoms with E-state index in [4.69, 9.17) is 14.6 Å². The van der Waals surface area contributed by atoms with Crippen LogP contribution in [0.15, 0.2) is 54.6 Å². The number of hydrogen-bond acceptors (Lipinski definition) is 5. The van der Waals surface area contributed by atoms with E-state index in [2.05, 4.69) is 5.32 Å². The van der Waals surface area contributed by atoms with Gasteiger partial charge in [0, 0.05) is 7.11 Å².